The predicted molar refractivity (Wildman–Crippen MR) is 141 cm³/mol. The fourth-order valence-corrected chi connectivity index (χ4v) is 4.19. The zero-order valence-electron chi connectivity index (χ0n) is 19.9. The number of aliphatic hydroxyl groups is 1. The summed E-state index contributed by atoms with van der Waals surface area (Å²) in [6.45, 7) is 1.13. The molecule has 0 aliphatic heterocycles. The van der Waals surface area contributed by atoms with Crippen LogP contribution in [-0.2, 0) is 6.42 Å². The van der Waals surface area contributed by atoms with Crippen molar-refractivity contribution in [2.45, 2.75) is 25.2 Å². The van der Waals surface area contributed by atoms with Crippen molar-refractivity contribution < 1.29 is 27.8 Å². The Kier molecular flexibility index (Phi) is 7.93. The number of rotatable bonds is 6. The fourth-order valence-electron chi connectivity index (χ4n) is 3.90. The second-order valence-corrected chi connectivity index (χ2v) is 9.66. The minimum Gasteiger partial charge on any atom is -0.405 e. The normalized spacial score (nSPS) is 12.9. The molecular formula is C28H21Cl2F3N2O3. The number of aliphatic hydroxyl groups excluding tert-OH is 1. The largest absolute Gasteiger partial charge is 0.573 e. The SMILES string of the molecule is CC(CO)(Cc1c[nH]c2ccccc12)NC(=O)c1cc(C#Cc2ccc(Cl)c(Cl)c2)ccc1OC(F)(F)F. The number of para-hydroxylation sites is 1. The maximum atomic E-state index is 13.3. The molecule has 0 radical (unpaired) electrons. The number of carbonyl (C=O) groups excluding carboxylic acids is 1. The first-order valence-corrected chi connectivity index (χ1v) is 12.1. The molecule has 0 bridgehead atoms. The van der Waals surface area contributed by atoms with Crippen LogP contribution in [-0.4, -0.2) is 34.5 Å². The van der Waals surface area contributed by atoms with Crippen LogP contribution in [0, 0.1) is 11.8 Å². The molecule has 3 aromatic carbocycles. The first kappa shape index (κ1) is 27.4. The molecule has 0 aliphatic rings. The first-order chi connectivity index (χ1) is 18.0. The van der Waals surface area contributed by atoms with Gasteiger partial charge in [-0.25, -0.2) is 0 Å². The molecule has 1 atom stereocenters. The summed E-state index contributed by atoms with van der Waals surface area (Å²) in [4.78, 5) is 16.4. The Morgan fingerprint density at radius 3 is 2.39 bits per heavy atom. The van der Waals surface area contributed by atoms with Crippen molar-refractivity contribution in [2.75, 3.05) is 6.61 Å². The van der Waals surface area contributed by atoms with Crippen molar-refractivity contribution in [3.63, 3.8) is 0 Å². The number of fused-ring (bicyclic) bond motifs is 1. The van der Waals surface area contributed by atoms with Crippen molar-refractivity contribution in [1.82, 2.24) is 10.3 Å². The topological polar surface area (TPSA) is 74.4 Å². The van der Waals surface area contributed by atoms with Gasteiger partial charge >= 0.3 is 6.36 Å². The summed E-state index contributed by atoms with van der Waals surface area (Å²) in [7, 11) is 0. The van der Waals surface area contributed by atoms with Gasteiger partial charge in [-0.05, 0) is 61.4 Å². The molecule has 0 fully saturated rings. The number of H-pyrrole nitrogens is 1. The number of benzene rings is 3. The van der Waals surface area contributed by atoms with Crippen molar-refractivity contribution in [3.8, 4) is 17.6 Å². The third-order valence-electron chi connectivity index (χ3n) is 5.74. The Bertz CT molecular complexity index is 1560. The van der Waals surface area contributed by atoms with Crippen molar-refractivity contribution >= 4 is 40.0 Å². The van der Waals surface area contributed by atoms with Crippen LogP contribution in [0.5, 0.6) is 5.75 Å². The standard InChI is InChI=1S/C28H21Cl2F3N2O3/c1-27(16-36,14-19-15-34-24-5-3-2-4-20(19)24)35-26(37)21-12-17(9-11-25(21)38-28(31,32)33)6-7-18-8-10-22(29)23(30)13-18/h2-5,8-13,15,34,36H,14,16H2,1H3,(H,35,37). The molecule has 0 saturated heterocycles. The monoisotopic (exact) mass is 560 g/mol. The summed E-state index contributed by atoms with van der Waals surface area (Å²) in [5.74, 6) is 4.09. The van der Waals surface area contributed by atoms with Gasteiger partial charge < -0.3 is 20.1 Å². The predicted octanol–water partition coefficient (Wildman–Crippen LogP) is 6.50. The van der Waals surface area contributed by atoms with Gasteiger partial charge in [0.2, 0.25) is 0 Å². The van der Waals surface area contributed by atoms with E-state index in [2.05, 4.69) is 26.9 Å². The number of amides is 1. The van der Waals surface area contributed by atoms with Crippen molar-refractivity contribution in [3.05, 3.63) is 99.2 Å². The van der Waals surface area contributed by atoms with Gasteiger partial charge in [0.25, 0.3) is 5.91 Å². The molecule has 1 aromatic heterocycles. The smallest absolute Gasteiger partial charge is 0.405 e. The van der Waals surface area contributed by atoms with Gasteiger partial charge in [-0.15, -0.1) is 13.2 Å². The molecule has 4 aromatic rings. The second kappa shape index (κ2) is 11.0. The van der Waals surface area contributed by atoms with Crippen LogP contribution in [0.3, 0.4) is 0 Å². The Morgan fingerprint density at radius 1 is 1.03 bits per heavy atom. The van der Waals surface area contributed by atoms with E-state index in [1.807, 2.05) is 24.3 Å². The molecule has 38 heavy (non-hydrogen) atoms. The summed E-state index contributed by atoms with van der Waals surface area (Å²) < 4.78 is 43.3. The van der Waals surface area contributed by atoms with Gasteiger partial charge in [0.1, 0.15) is 5.75 Å². The second-order valence-electron chi connectivity index (χ2n) is 8.85. The first-order valence-electron chi connectivity index (χ1n) is 11.3. The van der Waals surface area contributed by atoms with Gasteiger partial charge in [0.05, 0.1) is 27.8 Å². The van der Waals surface area contributed by atoms with Crippen LogP contribution in [0.2, 0.25) is 10.0 Å². The summed E-state index contributed by atoms with van der Waals surface area (Å²) in [5, 5.41) is 14.4. The molecule has 196 valence electrons. The average Bonchev–Trinajstić information content (AvgIpc) is 3.26. The van der Waals surface area contributed by atoms with E-state index in [0.29, 0.717) is 15.6 Å². The van der Waals surface area contributed by atoms with E-state index in [-0.39, 0.29) is 17.5 Å². The maximum absolute atomic E-state index is 13.3. The Balaban J connectivity index is 1.64. The molecule has 0 spiro atoms. The fraction of sp³-hybridized carbons (Fsp3) is 0.179. The van der Waals surface area contributed by atoms with Gasteiger partial charge in [0, 0.05) is 28.2 Å². The Labute approximate surface area is 226 Å². The summed E-state index contributed by atoms with van der Waals surface area (Å²) in [5.41, 5.74) is 0.903. The minimum atomic E-state index is -5.02. The molecule has 5 nitrogen and oxygen atoms in total. The summed E-state index contributed by atoms with van der Waals surface area (Å²) in [6, 6.07) is 15.8. The Morgan fingerprint density at radius 2 is 1.71 bits per heavy atom. The van der Waals surface area contributed by atoms with E-state index < -0.39 is 30.2 Å². The highest BCUT2D eigenvalue weighted by atomic mass is 35.5. The number of hydrogen-bond donors (Lipinski definition) is 3. The number of alkyl halides is 3. The van der Waals surface area contributed by atoms with Gasteiger partial charge in [0.15, 0.2) is 0 Å². The molecule has 4 rings (SSSR count). The van der Waals surface area contributed by atoms with Crippen LogP contribution in [0.25, 0.3) is 10.9 Å². The molecular weight excluding hydrogens is 540 g/mol. The number of halogens is 5. The highest BCUT2D eigenvalue weighted by Crippen LogP contribution is 2.29. The van der Waals surface area contributed by atoms with Gasteiger partial charge in [-0.2, -0.15) is 0 Å². The lowest BCUT2D eigenvalue weighted by atomic mass is 9.92. The van der Waals surface area contributed by atoms with Gasteiger partial charge in [-0.3, -0.25) is 4.79 Å². The van der Waals surface area contributed by atoms with Crippen LogP contribution in [0.4, 0.5) is 13.2 Å². The number of hydrogen-bond acceptors (Lipinski definition) is 3. The lowest BCUT2D eigenvalue weighted by Gasteiger charge is -2.29. The highest BCUT2D eigenvalue weighted by molar-refractivity contribution is 6.42. The molecule has 10 heteroatoms. The van der Waals surface area contributed by atoms with Crippen molar-refractivity contribution in [1.29, 1.82) is 0 Å². The van der Waals surface area contributed by atoms with E-state index in [4.69, 9.17) is 23.2 Å². The number of nitrogens with one attached hydrogen (secondary N) is 2. The molecule has 0 saturated carbocycles. The van der Waals surface area contributed by atoms with E-state index >= 15 is 0 Å². The lowest BCUT2D eigenvalue weighted by molar-refractivity contribution is -0.274. The van der Waals surface area contributed by atoms with E-state index in [1.165, 1.54) is 12.1 Å². The average molecular weight is 561 g/mol. The van der Waals surface area contributed by atoms with Crippen molar-refractivity contribution in [2.24, 2.45) is 0 Å². The third kappa shape index (κ3) is 6.62. The molecule has 1 amide bonds. The van der Waals surface area contributed by atoms with Crippen LogP contribution in [0.15, 0.2) is 66.9 Å². The zero-order chi connectivity index (χ0) is 27.5. The summed E-state index contributed by atoms with van der Waals surface area (Å²) >= 11 is 11.9. The van der Waals surface area contributed by atoms with Crippen LogP contribution < -0.4 is 10.1 Å². The van der Waals surface area contributed by atoms with Crippen LogP contribution >= 0.6 is 23.2 Å². The molecule has 3 N–H and O–H groups in total. The number of ether oxygens (including phenoxy) is 1. The maximum Gasteiger partial charge on any atom is 0.573 e. The molecule has 1 unspecified atom stereocenters. The number of aromatic nitrogens is 1. The number of carbonyl (C=O) groups is 1. The summed E-state index contributed by atoms with van der Waals surface area (Å²) in [6.07, 6.45) is -3.04. The molecule has 1 heterocycles. The van der Waals surface area contributed by atoms with Crippen LogP contribution in [0.1, 0.15) is 34.0 Å². The molecule has 0 aliphatic carbocycles. The number of aromatic amines is 1. The van der Waals surface area contributed by atoms with E-state index in [9.17, 15) is 23.1 Å². The highest BCUT2D eigenvalue weighted by Gasteiger charge is 2.34. The zero-order valence-corrected chi connectivity index (χ0v) is 21.4. The van der Waals surface area contributed by atoms with Gasteiger partial charge in [-0.1, -0.05) is 53.2 Å². The minimum absolute atomic E-state index is 0.214. The Hall–Kier alpha value is -3.64. The quantitative estimate of drug-likeness (QED) is 0.236. The van der Waals surface area contributed by atoms with E-state index in [1.54, 1.807) is 31.3 Å². The van der Waals surface area contributed by atoms with E-state index in [0.717, 1.165) is 22.5 Å². The third-order valence-corrected chi connectivity index (χ3v) is 6.48. The lowest BCUT2D eigenvalue weighted by Crippen LogP contribution is -2.50.